The predicted molar refractivity (Wildman–Crippen MR) is 122 cm³/mol. The van der Waals surface area contributed by atoms with E-state index >= 15 is 0 Å². The van der Waals surface area contributed by atoms with Crippen molar-refractivity contribution < 1.29 is 14.0 Å². The van der Waals surface area contributed by atoms with Gasteiger partial charge in [0.05, 0.1) is 11.4 Å². The van der Waals surface area contributed by atoms with E-state index < -0.39 is 28.7 Å². The molecule has 1 unspecified atom stereocenters. The predicted octanol–water partition coefficient (Wildman–Crippen LogP) is 4.70. The molecule has 1 aliphatic rings. The number of benzene rings is 2. The van der Waals surface area contributed by atoms with Crippen LogP contribution in [-0.4, -0.2) is 22.3 Å². The fraction of sp³-hybridized carbons (Fsp3) is 0.192. The second-order valence-electron chi connectivity index (χ2n) is 8.77. The van der Waals surface area contributed by atoms with Gasteiger partial charge in [-0.2, -0.15) is 0 Å². The van der Waals surface area contributed by atoms with Crippen molar-refractivity contribution in [3.8, 4) is 0 Å². The number of anilines is 1. The molecule has 0 spiro atoms. The Labute approximate surface area is 186 Å². The van der Waals surface area contributed by atoms with Crippen LogP contribution >= 0.6 is 0 Å². The number of aromatic nitrogens is 1. The van der Waals surface area contributed by atoms with Crippen molar-refractivity contribution in [2.24, 2.45) is 0 Å². The summed E-state index contributed by atoms with van der Waals surface area (Å²) in [6.07, 6.45) is 1.58. The number of hydrogen-bond donors (Lipinski definition) is 1. The molecule has 2 heterocycles. The molecule has 1 aromatic heterocycles. The lowest BCUT2D eigenvalue weighted by Crippen LogP contribution is -2.60. The van der Waals surface area contributed by atoms with E-state index in [-0.39, 0.29) is 5.56 Å². The standard InChI is InChI=1S/C26H24FN3O2/c1-17-20-9-5-6-10-21(20)30(23(31)18-12-14-19(27)15-13-18)26(17,22-11-7-8-16-28-22)24(32)29-25(2,3)4/h5-16H,1H2,2-4H3,(H,29,32). The monoisotopic (exact) mass is 429 g/mol. The van der Waals surface area contributed by atoms with Crippen molar-refractivity contribution in [1.29, 1.82) is 0 Å². The van der Waals surface area contributed by atoms with Gasteiger partial charge in [-0.05, 0) is 68.8 Å². The second-order valence-corrected chi connectivity index (χ2v) is 8.77. The van der Waals surface area contributed by atoms with Crippen LogP contribution in [0.2, 0.25) is 0 Å². The van der Waals surface area contributed by atoms with Gasteiger partial charge in [0, 0.05) is 22.9 Å². The SMILES string of the molecule is C=C1c2ccccc2N(C(=O)c2ccc(F)cc2)C1(C(=O)NC(C)(C)C)c1ccccn1. The molecule has 2 amide bonds. The minimum absolute atomic E-state index is 0.250. The van der Waals surface area contributed by atoms with Gasteiger partial charge in [0.25, 0.3) is 11.8 Å². The molecule has 0 saturated heterocycles. The number of fused-ring (bicyclic) bond motifs is 1. The topological polar surface area (TPSA) is 62.3 Å². The van der Waals surface area contributed by atoms with Crippen molar-refractivity contribution in [1.82, 2.24) is 10.3 Å². The van der Waals surface area contributed by atoms with E-state index in [2.05, 4.69) is 16.9 Å². The van der Waals surface area contributed by atoms with Crippen LogP contribution in [0.4, 0.5) is 10.1 Å². The molecular formula is C26H24FN3O2. The smallest absolute Gasteiger partial charge is 0.259 e. The molecule has 3 aromatic rings. The highest BCUT2D eigenvalue weighted by molar-refractivity contribution is 6.21. The molecule has 5 nitrogen and oxygen atoms in total. The van der Waals surface area contributed by atoms with Gasteiger partial charge in [-0.15, -0.1) is 0 Å². The Bertz CT molecular complexity index is 1200. The van der Waals surface area contributed by atoms with Crippen LogP contribution in [0, 0.1) is 5.82 Å². The summed E-state index contributed by atoms with van der Waals surface area (Å²) in [7, 11) is 0. The lowest BCUT2D eigenvalue weighted by Gasteiger charge is -2.39. The Morgan fingerprint density at radius 2 is 1.66 bits per heavy atom. The van der Waals surface area contributed by atoms with E-state index in [0.29, 0.717) is 22.5 Å². The van der Waals surface area contributed by atoms with E-state index in [9.17, 15) is 14.0 Å². The first kappa shape index (κ1) is 21.4. The van der Waals surface area contributed by atoms with Gasteiger partial charge in [-0.25, -0.2) is 4.39 Å². The van der Waals surface area contributed by atoms with Gasteiger partial charge in [-0.1, -0.05) is 30.8 Å². The summed E-state index contributed by atoms with van der Waals surface area (Å²) in [5.74, 6) is -1.32. The van der Waals surface area contributed by atoms with E-state index in [1.807, 2.05) is 32.9 Å². The number of amides is 2. The zero-order valence-electron chi connectivity index (χ0n) is 18.2. The van der Waals surface area contributed by atoms with Crippen molar-refractivity contribution >= 4 is 23.1 Å². The first-order valence-electron chi connectivity index (χ1n) is 10.3. The molecule has 0 bridgehead atoms. The Morgan fingerprint density at radius 1 is 1.00 bits per heavy atom. The molecule has 1 N–H and O–H groups in total. The number of halogens is 1. The first-order valence-corrected chi connectivity index (χ1v) is 10.3. The highest BCUT2D eigenvalue weighted by atomic mass is 19.1. The number of nitrogens with one attached hydrogen (secondary N) is 1. The van der Waals surface area contributed by atoms with Gasteiger partial charge in [0.15, 0.2) is 5.54 Å². The number of nitrogens with zero attached hydrogens (tertiary/aromatic N) is 2. The average Bonchev–Trinajstić information content (AvgIpc) is 3.03. The summed E-state index contributed by atoms with van der Waals surface area (Å²) < 4.78 is 13.5. The van der Waals surface area contributed by atoms with Gasteiger partial charge in [0.2, 0.25) is 0 Å². The largest absolute Gasteiger partial charge is 0.349 e. The quantitative estimate of drug-likeness (QED) is 0.656. The van der Waals surface area contributed by atoms with Crippen molar-refractivity contribution in [2.45, 2.75) is 31.8 Å². The number of pyridine rings is 1. The second kappa shape index (κ2) is 7.71. The normalized spacial score (nSPS) is 17.8. The third-order valence-corrected chi connectivity index (χ3v) is 5.39. The maximum Gasteiger partial charge on any atom is 0.259 e. The van der Waals surface area contributed by atoms with Gasteiger partial charge >= 0.3 is 0 Å². The van der Waals surface area contributed by atoms with E-state index in [1.165, 1.54) is 29.2 Å². The van der Waals surface area contributed by atoms with Gasteiger partial charge in [-0.3, -0.25) is 19.5 Å². The number of carbonyl (C=O) groups excluding carboxylic acids is 2. The number of hydrogen-bond acceptors (Lipinski definition) is 3. The minimum Gasteiger partial charge on any atom is -0.349 e. The summed E-state index contributed by atoms with van der Waals surface area (Å²) in [5, 5.41) is 3.02. The Morgan fingerprint density at radius 3 is 2.28 bits per heavy atom. The summed E-state index contributed by atoms with van der Waals surface area (Å²) >= 11 is 0. The van der Waals surface area contributed by atoms with Crippen LogP contribution in [-0.2, 0) is 10.3 Å². The van der Waals surface area contributed by atoms with Crippen molar-refractivity contribution in [3.63, 3.8) is 0 Å². The lowest BCUT2D eigenvalue weighted by atomic mass is 9.83. The summed E-state index contributed by atoms with van der Waals surface area (Å²) in [6, 6.07) is 17.7. The third kappa shape index (κ3) is 3.38. The molecule has 1 atom stereocenters. The molecular weight excluding hydrogens is 405 g/mol. The Balaban J connectivity index is 2.01. The van der Waals surface area contributed by atoms with Gasteiger partial charge in [0.1, 0.15) is 5.82 Å². The molecule has 0 fully saturated rings. The Hall–Kier alpha value is -3.80. The maximum absolute atomic E-state index is 14.0. The zero-order chi connectivity index (χ0) is 23.1. The highest BCUT2D eigenvalue weighted by Gasteiger charge is 2.58. The average molecular weight is 429 g/mol. The third-order valence-electron chi connectivity index (χ3n) is 5.39. The van der Waals surface area contributed by atoms with Crippen LogP contribution in [0.3, 0.4) is 0 Å². The number of para-hydroxylation sites is 1. The van der Waals surface area contributed by atoms with Crippen LogP contribution in [0.25, 0.3) is 5.57 Å². The van der Waals surface area contributed by atoms with Crippen LogP contribution in [0.5, 0.6) is 0 Å². The van der Waals surface area contributed by atoms with Crippen LogP contribution < -0.4 is 10.2 Å². The van der Waals surface area contributed by atoms with E-state index in [1.54, 1.807) is 36.5 Å². The Kier molecular flexibility index (Phi) is 5.17. The summed E-state index contributed by atoms with van der Waals surface area (Å²) in [6.45, 7) is 9.87. The molecule has 162 valence electrons. The summed E-state index contributed by atoms with van der Waals surface area (Å²) in [5.41, 5.74) is 0.115. The molecule has 6 heteroatoms. The highest BCUT2D eigenvalue weighted by Crippen LogP contribution is 2.52. The van der Waals surface area contributed by atoms with E-state index in [4.69, 9.17) is 0 Å². The molecule has 32 heavy (non-hydrogen) atoms. The molecule has 4 rings (SSSR count). The zero-order valence-corrected chi connectivity index (χ0v) is 18.2. The lowest BCUT2D eigenvalue weighted by molar-refractivity contribution is -0.126. The van der Waals surface area contributed by atoms with Crippen LogP contribution in [0.1, 0.15) is 42.4 Å². The minimum atomic E-state index is -1.61. The molecule has 0 aliphatic carbocycles. The number of rotatable bonds is 3. The molecule has 1 aliphatic heterocycles. The first-order chi connectivity index (χ1) is 15.2. The molecule has 0 saturated carbocycles. The van der Waals surface area contributed by atoms with Crippen molar-refractivity contribution in [3.05, 3.63) is 102 Å². The summed E-state index contributed by atoms with van der Waals surface area (Å²) in [4.78, 5) is 33.8. The fourth-order valence-electron chi connectivity index (χ4n) is 4.05. The van der Waals surface area contributed by atoms with Crippen molar-refractivity contribution in [2.75, 3.05) is 4.90 Å². The number of carbonyl (C=O) groups is 2. The van der Waals surface area contributed by atoms with Gasteiger partial charge < -0.3 is 5.32 Å². The fourth-order valence-corrected chi connectivity index (χ4v) is 4.05. The van der Waals surface area contributed by atoms with E-state index in [0.717, 1.165) is 0 Å². The van der Waals surface area contributed by atoms with Crippen LogP contribution in [0.15, 0.2) is 79.5 Å². The molecule has 0 radical (unpaired) electrons. The molecule has 2 aromatic carbocycles. The maximum atomic E-state index is 14.0.